The topological polar surface area (TPSA) is 66.5 Å². The van der Waals surface area contributed by atoms with Gasteiger partial charge in [0, 0.05) is 15.7 Å². The molecule has 0 fully saturated rings. The fourth-order valence-corrected chi connectivity index (χ4v) is 4.71. The Bertz CT molecular complexity index is 1150. The first-order chi connectivity index (χ1) is 14.7. The summed E-state index contributed by atoms with van der Waals surface area (Å²) in [6.45, 7) is -0.430. The van der Waals surface area contributed by atoms with E-state index in [9.17, 15) is 17.6 Å². The number of sulfonamides is 1. The van der Waals surface area contributed by atoms with Gasteiger partial charge in [-0.05, 0) is 54.1 Å². The van der Waals surface area contributed by atoms with Gasteiger partial charge >= 0.3 is 0 Å². The van der Waals surface area contributed by atoms with Crippen molar-refractivity contribution in [3.8, 4) is 0 Å². The third kappa shape index (κ3) is 6.72. The lowest BCUT2D eigenvalue weighted by atomic mass is 10.2. The van der Waals surface area contributed by atoms with Crippen molar-refractivity contribution in [3.05, 3.63) is 89.2 Å². The number of benzene rings is 3. The van der Waals surface area contributed by atoms with Crippen molar-refractivity contribution in [2.75, 3.05) is 22.4 Å². The maximum absolute atomic E-state index is 13.2. The second-order valence-electron chi connectivity index (χ2n) is 6.71. The molecular formula is C22H20ClFN2O3S2. The summed E-state index contributed by atoms with van der Waals surface area (Å²) in [7, 11) is -3.74. The number of amides is 1. The molecule has 0 aromatic heterocycles. The van der Waals surface area contributed by atoms with E-state index in [0.717, 1.165) is 33.2 Å². The molecule has 162 valence electrons. The Morgan fingerprint density at radius 3 is 2.32 bits per heavy atom. The van der Waals surface area contributed by atoms with Crippen LogP contribution >= 0.6 is 23.4 Å². The number of nitrogens with one attached hydrogen (secondary N) is 1. The molecule has 0 aliphatic carbocycles. The lowest BCUT2D eigenvalue weighted by molar-refractivity contribution is -0.114. The molecule has 0 saturated carbocycles. The summed E-state index contributed by atoms with van der Waals surface area (Å²) in [6.07, 6.45) is 1.000. The van der Waals surface area contributed by atoms with E-state index in [0.29, 0.717) is 16.5 Å². The molecule has 0 aliphatic rings. The lowest BCUT2D eigenvalue weighted by Gasteiger charge is -2.22. The molecule has 0 radical (unpaired) electrons. The van der Waals surface area contributed by atoms with Crippen molar-refractivity contribution in [2.45, 2.75) is 10.6 Å². The van der Waals surface area contributed by atoms with Crippen molar-refractivity contribution < 1.29 is 17.6 Å². The van der Waals surface area contributed by atoms with E-state index in [-0.39, 0.29) is 5.69 Å². The molecule has 0 atom stereocenters. The van der Waals surface area contributed by atoms with E-state index in [1.54, 1.807) is 12.1 Å². The molecule has 3 aromatic rings. The molecule has 31 heavy (non-hydrogen) atoms. The molecule has 0 unspecified atom stereocenters. The molecule has 3 rings (SSSR count). The van der Waals surface area contributed by atoms with Gasteiger partial charge in [-0.1, -0.05) is 35.9 Å². The molecule has 1 N–H and O–H groups in total. The summed E-state index contributed by atoms with van der Waals surface area (Å²) in [5.74, 6) is -0.322. The highest BCUT2D eigenvalue weighted by Gasteiger charge is 2.21. The number of halogens is 2. The number of nitrogens with zero attached hydrogens (tertiary/aromatic N) is 1. The molecular weight excluding hydrogens is 459 g/mol. The van der Waals surface area contributed by atoms with Gasteiger partial charge in [0.2, 0.25) is 15.9 Å². The first kappa shape index (κ1) is 23.1. The Hall–Kier alpha value is -2.55. The first-order valence-corrected chi connectivity index (χ1v) is 12.4. The molecule has 9 heteroatoms. The summed E-state index contributed by atoms with van der Waals surface area (Å²) >= 11 is 7.46. The number of carbonyl (C=O) groups is 1. The van der Waals surface area contributed by atoms with Crippen LogP contribution in [0.25, 0.3) is 0 Å². The first-order valence-electron chi connectivity index (χ1n) is 9.22. The van der Waals surface area contributed by atoms with Gasteiger partial charge in [0.05, 0.1) is 17.6 Å². The number of thioether (sulfide) groups is 1. The Balaban J connectivity index is 1.72. The minimum atomic E-state index is -3.74. The SMILES string of the molecule is CS(=O)(=O)N(CC(=O)Nc1ccccc1SCc1ccc(Cl)cc1)c1ccc(F)cc1. The maximum atomic E-state index is 13.2. The average Bonchev–Trinajstić information content (AvgIpc) is 2.72. The predicted molar refractivity (Wildman–Crippen MR) is 125 cm³/mol. The van der Waals surface area contributed by atoms with E-state index in [1.807, 2.05) is 36.4 Å². The highest BCUT2D eigenvalue weighted by atomic mass is 35.5. The van der Waals surface area contributed by atoms with Crippen LogP contribution in [0.5, 0.6) is 0 Å². The minimum absolute atomic E-state index is 0.212. The van der Waals surface area contributed by atoms with Crippen LogP contribution in [0.15, 0.2) is 77.7 Å². The Labute approximate surface area is 190 Å². The molecule has 0 saturated heterocycles. The maximum Gasteiger partial charge on any atom is 0.245 e. The molecule has 5 nitrogen and oxygen atoms in total. The number of rotatable bonds is 8. The highest BCUT2D eigenvalue weighted by molar-refractivity contribution is 7.98. The Morgan fingerprint density at radius 2 is 1.68 bits per heavy atom. The van der Waals surface area contributed by atoms with Crippen molar-refractivity contribution in [1.82, 2.24) is 0 Å². The zero-order chi connectivity index (χ0) is 22.4. The molecule has 0 bridgehead atoms. The number of hydrogen-bond acceptors (Lipinski definition) is 4. The van der Waals surface area contributed by atoms with Crippen LogP contribution in [-0.2, 0) is 20.6 Å². The van der Waals surface area contributed by atoms with Gasteiger partial charge in [-0.15, -0.1) is 11.8 Å². The summed E-state index contributed by atoms with van der Waals surface area (Å²) in [5, 5.41) is 3.44. The van der Waals surface area contributed by atoms with Crippen LogP contribution in [-0.4, -0.2) is 27.1 Å². The summed E-state index contributed by atoms with van der Waals surface area (Å²) in [6, 6.07) is 19.7. The van der Waals surface area contributed by atoms with Crippen molar-refractivity contribution in [1.29, 1.82) is 0 Å². The van der Waals surface area contributed by atoms with Gasteiger partial charge in [-0.25, -0.2) is 12.8 Å². The van der Waals surface area contributed by atoms with E-state index >= 15 is 0 Å². The van der Waals surface area contributed by atoms with Crippen LogP contribution in [0.2, 0.25) is 5.02 Å². The molecule has 0 aliphatic heterocycles. The van der Waals surface area contributed by atoms with Crippen molar-refractivity contribution >= 4 is 50.7 Å². The van der Waals surface area contributed by atoms with Crippen LogP contribution < -0.4 is 9.62 Å². The van der Waals surface area contributed by atoms with Gasteiger partial charge in [-0.2, -0.15) is 0 Å². The largest absolute Gasteiger partial charge is 0.323 e. The van der Waals surface area contributed by atoms with E-state index in [4.69, 9.17) is 11.6 Å². The fraction of sp³-hybridized carbons (Fsp3) is 0.136. The standard InChI is InChI=1S/C22H20ClFN2O3S2/c1-31(28,29)26(19-12-10-18(24)11-13-19)14-22(27)25-20-4-2-3-5-21(20)30-15-16-6-8-17(23)9-7-16/h2-13H,14-15H2,1H3,(H,25,27). The van der Waals surface area contributed by atoms with Crippen LogP contribution in [0.3, 0.4) is 0 Å². The van der Waals surface area contributed by atoms with Gasteiger partial charge in [-0.3, -0.25) is 9.10 Å². The predicted octanol–water partition coefficient (Wildman–Crippen LogP) is 5.18. The fourth-order valence-electron chi connectivity index (χ4n) is 2.77. The quantitative estimate of drug-likeness (QED) is 0.453. The van der Waals surface area contributed by atoms with Crippen LogP contribution in [0.4, 0.5) is 15.8 Å². The highest BCUT2D eigenvalue weighted by Crippen LogP contribution is 2.30. The third-order valence-corrected chi connectivity index (χ3v) is 6.81. The molecule has 1 amide bonds. The summed E-state index contributed by atoms with van der Waals surface area (Å²) < 4.78 is 38.5. The second kappa shape index (κ2) is 10.2. The number of hydrogen-bond donors (Lipinski definition) is 1. The smallest absolute Gasteiger partial charge is 0.245 e. The van der Waals surface area contributed by atoms with Crippen molar-refractivity contribution in [3.63, 3.8) is 0 Å². The van der Waals surface area contributed by atoms with Gasteiger partial charge in [0.1, 0.15) is 12.4 Å². The molecule has 0 spiro atoms. The number of para-hydroxylation sites is 1. The third-order valence-electron chi connectivity index (χ3n) is 4.27. The monoisotopic (exact) mass is 478 g/mol. The summed E-state index contributed by atoms with van der Waals surface area (Å²) in [4.78, 5) is 13.5. The van der Waals surface area contributed by atoms with Gasteiger partial charge in [0.15, 0.2) is 0 Å². The Kier molecular flexibility index (Phi) is 7.59. The zero-order valence-corrected chi connectivity index (χ0v) is 19.0. The number of anilines is 2. The minimum Gasteiger partial charge on any atom is -0.323 e. The average molecular weight is 479 g/mol. The lowest BCUT2D eigenvalue weighted by Crippen LogP contribution is -2.37. The normalized spacial score (nSPS) is 11.2. The zero-order valence-electron chi connectivity index (χ0n) is 16.6. The van der Waals surface area contributed by atoms with Crippen LogP contribution in [0, 0.1) is 5.82 Å². The van der Waals surface area contributed by atoms with Gasteiger partial charge in [0.25, 0.3) is 0 Å². The van der Waals surface area contributed by atoms with E-state index in [1.165, 1.54) is 23.9 Å². The van der Waals surface area contributed by atoms with E-state index in [2.05, 4.69) is 5.32 Å². The second-order valence-corrected chi connectivity index (χ2v) is 10.1. The molecule has 0 heterocycles. The number of carbonyl (C=O) groups excluding carboxylic acids is 1. The van der Waals surface area contributed by atoms with E-state index < -0.39 is 28.3 Å². The molecule has 3 aromatic carbocycles. The summed E-state index contributed by atoms with van der Waals surface area (Å²) in [5.41, 5.74) is 1.87. The van der Waals surface area contributed by atoms with Gasteiger partial charge < -0.3 is 5.32 Å². The van der Waals surface area contributed by atoms with Crippen molar-refractivity contribution in [2.24, 2.45) is 0 Å². The Morgan fingerprint density at radius 1 is 1.03 bits per heavy atom. The van der Waals surface area contributed by atoms with Crippen LogP contribution in [0.1, 0.15) is 5.56 Å².